The quantitative estimate of drug-likeness (QED) is 0.780. The van der Waals surface area contributed by atoms with E-state index < -0.39 is 0 Å². The molecule has 1 amide bonds. The largest absolute Gasteiger partial charge is 0.489 e. The summed E-state index contributed by atoms with van der Waals surface area (Å²) < 4.78 is 5.75. The van der Waals surface area contributed by atoms with Crippen molar-refractivity contribution in [2.45, 2.75) is 25.5 Å². The third kappa shape index (κ3) is 4.92. The first-order chi connectivity index (χ1) is 12.8. The first-order valence-corrected chi connectivity index (χ1v) is 9.01. The minimum atomic E-state index is 0.0830. The fraction of sp³-hybridized carbons (Fsp3) is 0.333. The van der Waals surface area contributed by atoms with Crippen LogP contribution in [0, 0.1) is 0 Å². The zero-order valence-electron chi connectivity index (χ0n) is 15.1. The number of benzene rings is 1. The molecule has 2 heterocycles. The minimum Gasteiger partial charge on any atom is -0.489 e. The number of amides is 1. The Morgan fingerprint density at radius 2 is 2.19 bits per heavy atom. The SMILES string of the molecule is CNCC1CCCN1C(=O)/C=C/c1ccc(OCc2cccnc2)cc1. The fourth-order valence-corrected chi connectivity index (χ4v) is 3.16. The highest BCUT2D eigenvalue weighted by Gasteiger charge is 2.26. The number of nitrogens with zero attached hydrogens (tertiary/aromatic N) is 2. The van der Waals surface area contributed by atoms with Crippen molar-refractivity contribution < 1.29 is 9.53 Å². The van der Waals surface area contributed by atoms with E-state index in [1.54, 1.807) is 18.5 Å². The molecule has 1 aliphatic rings. The third-order valence-electron chi connectivity index (χ3n) is 4.53. The summed E-state index contributed by atoms with van der Waals surface area (Å²) in [7, 11) is 1.93. The van der Waals surface area contributed by atoms with Crippen LogP contribution in [0.4, 0.5) is 0 Å². The highest BCUT2D eigenvalue weighted by atomic mass is 16.5. The van der Waals surface area contributed by atoms with Gasteiger partial charge >= 0.3 is 0 Å². The molecule has 5 nitrogen and oxygen atoms in total. The van der Waals surface area contributed by atoms with Crippen molar-refractivity contribution in [1.29, 1.82) is 0 Å². The molecule has 136 valence electrons. The minimum absolute atomic E-state index is 0.0830. The van der Waals surface area contributed by atoms with Crippen molar-refractivity contribution in [2.24, 2.45) is 0 Å². The highest BCUT2D eigenvalue weighted by Crippen LogP contribution is 2.18. The average Bonchev–Trinajstić information content (AvgIpc) is 3.15. The molecule has 5 heteroatoms. The van der Waals surface area contributed by atoms with Gasteiger partial charge in [-0.25, -0.2) is 0 Å². The fourth-order valence-electron chi connectivity index (χ4n) is 3.16. The number of hydrogen-bond donors (Lipinski definition) is 1. The monoisotopic (exact) mass is 351 g/mol. The van der Waals surface area contributed by atoms with E-state index >= 15 is 0 Å². The molecule has 1 unspecified atom stereocenters. The standard InChI is InChI=1S/C21H25N3O2/c1-22-15-19-5-3-13-24(19)21(25)11-8-17-6-9-20(10-7-17)26-16-18-4-2-12-23-14-18/h2,4,6-12,14,19,22H,3,5,13,15-16H2,1H3/b11-8+. The van der Waals surface area contributed by atoms with E-state index in [4.69, 9.17) is 4.74 Å². The molecule has 1 aromatic carbocycles. The molecular weight excluding hydrogens is 326 g/mol. The zero-order valence-corrected chi connectivity index (χ0v) is 15.1. The summed E-state index contributed by atoms with van der Waals surface area (Å²) in [4.78, 5) is 18.4. The molecule has 1 saturated heterocycles. The van der Waals surface area contributed by atoms with Crippen LogP contribution in [-0.2, 0) is 11.4 Å². The van der Waals surface area contributed by atoms with Gasteiger partial charge in [-0.15, -0.1) is 0 Å². The second-order valence-electron chi connectivity index (χ2n) is 6.44. The second-order valence-corrected chi connectivity index (χ2v) is 6.44. The van der Waals surface area contributed by atoms with E-state index in [1.165, 1.54) is 0 Å². The second kappa shape index (κ2) is 9.15. The molecule has 0 spiro atoms. The Bertz CT molecular complexity index is 729. The molecule has 0 bridgehead atoms. The van der Waals surface area contributed by atoms with E-state index in [0.29, 0.717) is 12.6 Å². The topological polar surface area (TPSA) is 54.5 Å². The van der Waals surface area contributed by atoms with Crippen LogP contribution in [0.2, 0.25) is 0 Å². The summed E-state index contributed by atoms with van der Waals surface area (Å²) in [5.74, 6) is 0.880. The number of rotatable bonds is 7. The van der Waals surface area contributed by atoms with Crippen LogP contribution in [0.15, 0.2) is 54.9 Å². The lowest BCUT2D eigenvalue weighted by molar-refractivity contribution is -0.126. The van der Waals surface area contributed by atoms with Gasteiger partial charge in [-0.1, -0.05) is 18.2 Å². The zero-order chi connectivity index (χ0) is 18.2. The van der Waals surface area contributed by atoms with Crippen molar-refractivity contribution in [3.8, 4) is 5.75 Å². The van der Waals surface area contributed by atoms with Crippen LogP contribution in [-0.4, -0.2) is 42.0 Å². The molecule has 1 aromatic heterocycles. The average molecular weight is 351 g/mol. The molecule has 1 fully saturated rings. The Hall–Kier alpha value is -2.66. The van der Waals surface area contributed by atoms with E-state index in [0.717, 1.165) is 42.8 Å². The van der Waals surface area contributed by atoms with Crippen LogP contribution < -0.4 is 10.1 Å². The summed E-state index contributed by atoms with van der Waals surface area (Å²) in [5.41, 5.74) is 2.01. The van der Waals surface area contributed by atoms with E-state index in [2.05, 4.69) is 10.3 Å². The first kappa shape index (κ1) is 18.1. The van der Waals surface area contributed by atoms with E-state index in [9.17, 15) is 4.79 Å². The van der Waals surface area contributed by atoms with Gasteiger partial charge < -0.3 is 15.0 Å². The van der Waals surface area contributed by atoms with Gasteiger partial charge in [0, 0.05) is 43.2 Å². The van der Waals surface area contributed by atoms with Crippen LogP contribution in [0.3, 0.4) is 0 Å². The van der Waals surface area contributed by atoms with E-state index in [-0.39, 0.29) is 5.91 Å². The van der Waals surface area contributed by atoms with Gasteiger partial charge in [0.15, 0.2) is 0 Å². The molecule has 26 heavy (non-hydrogen) atoms. The maximum Gasteiger partial charge on any atom is 0.246 e. The lowest BCUT2D eigenvalue weighted by Gasteiger charge is -2.23. The van der Waals surface area contributed by atoms with Crippen LogP contribution >= 0.6 is 0 Å². The number of aromatic nitrogens is 1. The number of ether oxygens (including phenoxy) is 1. The predicted octanol–water partition coefficient (Wildman–Crippen LogP) is 2.88. The van der Waals surface area contributed by atoms with Gasteiger partial charge in [0.25, 0.3) is 0 Å². The number of hydrogen-bond acceptors (Lipinski definition) is 4. The number of carbonyl (C=O) groups is 1. The van der Waals surface area contributed by atoms with Crippen molar-refractivity contribution in [1.82, 2.24) is 15.2 Å². The Labute approximate surface area is 154 Å². The summed E-state index contributed by atoms with van der Waals surface area (Å²) in [6.07, 6.45) is 9.22. The molecule has 0 saturated carbocycles. The molecule has 0 aliphatic carbocycles. The van der Waals surface area contributed by atoms with Crippen molar-refractivity contribution >= 4 is 12.0 Å². The van der Waals surface area contributed by atoms with Gasteiger partial charge in [-0.2, -0.15) is 0 Å². The van der Waals surface area contributed by atoms with Crippen LogP contribution in [0.5, 0.6) is 5.75 Å². The molecule has 0 radical (unpaired) electrons. The van der Waals surface area contributed by atoms with Crippen molar-refractivity contribution in [3.05, 3.63) is 66.0 Å². The molecule has 1 N–H and O–H groups in total. The summed E-state index contributed by atoms with van der Waals surface area (Å²) >= 11 is 0. The van der Waals surface area contributed by atoms with Gasteiger partial charge in [-0.05, 0) is 49.7 Å². The summed E-state index contributed by atoms with van der Waals surface area (Å²) in [6.45, 7) is 2.18. The predicted molar refractivity (Wildman–Crippen MR) is 103 cm³/mol. The Kier molecular flexibility index (Phi) is 6.39. The molecular formula is C21H25N3O2. The lowest BCUT2D eigenvalue weighted by atomic mass is 10.2. The Balaban J connectivity index is 1.53. The van der Waals surface area contributed by atoms with Crippen LogP contribution in [0.25, 0.3) is 6.08 Å². The summed E-state index contributed by atoms with van der Waals surface area (Å²) in [5, 5.41) is 3.16. The molecule has 3 rings (SSSR count). The first-order valence-electron chi connectivity index (χ1n) is 9.01. The third-order valence-corrected chi connectivity index (χ3v) is 4.53. The van der Waals surface area contributed by atoms with Gasteiger partial charge in [-0.3, -0.25) is 9.78 Å². The number of nitrogens with one attached hydrogen (secondary N) is 1. The number of carbonyl (C=O) groups excluding carboxylic acids is 1. The highest BCUT2D eigenvalue weighted by molar-refractivity contribution is 5.92. The van der Waals surface area contributed by atoms with Gasteiger partial charge in [0.1, 0.15) is 12.4 Å². The number of pyridine rings is 1. The molecule has 1 aliphatic heterocycles. The maximum atomic E-state index is 12.4. The van der Waals surface area contributed by atoms with Gasteiger partial charge in [0.05, 0.1) is 0 Å². The van der Waals surface area contributed by atoms with Crippen LogP contribution in [0.1, 0.15) is 24.0 Å². The lowest BCUT2D eigenvalue weighted by Crippen LogP contribution is -2.39. The molecule has 1 atom stereocenters. The smallest absolute Gasteiger partial charge is 0.246 e. The molecule has 2 aromatic rings. The van der Waals surface area contributed by atoms with E-state index in [1.807, 2.05) is 54.4 Å². The Morgan fingerprint density at radius 1 is 1.35 bits per heavy atom. The number of likely N-dealkylation sites (N-methyl/N-ethyl adjacent to an activating group) is 1. The summed E-state index contributed by atoms with van der Waals surface area (Å²) in [6, 6.07) is 11.9. The maximum absolute atomic E-state index is 12.4. The van der Waals surface area contributed by atoms with Crippen molar-refractivity contribution in [2.75, 3.05) is 20.1 Å². The number of likely N-dealkylation sites (tertiary alicyclic amines) is 1. The van der Waals surface area contributed by atoms with Gasteiger partial charge in [0.2, 0.25) is 5.91 Å². The normalized spacial score (nSPS) is 17.0. The Morgan fingerprint density at radius 3 is 2.92 bits per heavy atom. The van der Waals surface area contributed by atoms with Crippen molar-refractivity contribution in [3.63, 3.8) is 0 Å².